The number of benzene rings is 2. The molecule has 0 aromatic heterocycles. The van der Waals surface area contributed by atoms with Crippen molar-refractivity contribution in [3.05, 3.63) is 65.7 Å². The molecule has 1 fully saturated rings. The smallest absolute Gasteiger partial charge is 0.407 e. The fraction of sp³-hybridized carbons (Fsp3) is 0.538. The quantitative estimate of drug-likeness (QED) is 0.152. The molecule has 7 N–H and O–H groups in total. The zero-order chi connectivity index (χ0) is 39.1. The number of ether oxygens (including phenoxy) is 1. The Labute approximate surface area is 312 Å². The fourth-order valence-electron chi connectivity index (χ4n) is 5.89. The Morgan fingerprint density at radius 2 is 1.17 bits per heavy atom. The highest BCUT2D eigenvalue weighted by atomic mass is 16.5. The summed E-state index contributed by atoms with van der Waals surface area (Å²) in [4.78, 5) is 81.5. The molecular weight excluding hydrogens is 680 g/mol. The fourth-order valence-corrected chi connectivity index (χ4v) is 5.89. The second kappa shape index (κ2) is 20.8. The largest absolute Gasteiger partial charge is 0.508 e. The van der Waals surface area contributed by atoms with Gasteiger partial charge in [0.15, 0.2) is 0 Å². The molecule has 0 bridgehead atoms. The molecule has 0 radical (unpaired) electrons. The standard InChI is InChI=1S/C39H56N6O8/c1-23(2)19-30-35(48)44-32(21-26-14-16-28(46)17-15-26)36(49)43-31(20-24(3)4)37(50)45-33(25(5)6)38(51)41-29(34(47)42-30)13-10-18-40-39(52)53-22-27-11-8-7-9-12-27/h7-9,11-12,14-17,23-25,29-33,46H,10,13,18-22H2,1-6H3,(H,40,52)(H,41,51)(H,42,47)(H,43,49)(H,44,48)(H,45,50)/t29-,30-,31-,32+,33-/m0/s1. The van der Waals surface area contributed by atoms with Crippen LogP contribution in [-0.4, -0.2) is 77.5 Å². The van der Waals surface area contributed by atoms with E-state index in [0.717, 1.165) is 5.56 Å². The summed E-state index contributed by atoms with van der Waals surface area (Å²) in [5.74, 6) is -3.47. The molecule has 2 aromatic carbocycles. The maximum Gasteiger partial charge on any atom is 0.407 e. The SMILES string of the molecule is CC(C)C[C@@H]1NC(=O)[C@H](CCCNC(=O)OCc2ccccc2)NC(=O)[C@H](C(C)C)NC(=O)[C@H](CC(C)C)NC(=O)[C@@H](Cc2ccc(O)cc2)NC1=O. The van der Waals surface area contributed by atoms with Gasteiger partial charge in [-0.2, -0.15) is 0 Å². The van der Waals surface area contributed by atoms with Crippen LogP contribution in [0, 0.1) is 17.8 Å². The van der Waals surface area contributed by atoms with Gasteiger partial charge < -0.3 is 41.7 Å². The average molecular weight is 737 g/mol. The molecule has 53 heavy (non-hydrogen) atoms. The Balaban J connectivity index is 1.90. The lowest BCUT2D eigenvalue weighted by atomic mass is 9.98. The molecule has 14 heteroatoms. The molecule has 2 aromatic rings. The molecular formula is C39H56N6O8. The Bertz CT molecular complexity index is 1530. The number of carbonyl (C=O) groups is 6. The minimum absolute atomic E-state index is 0.0181. The summed E-state index contributed by atoms with van der Waals surface area (Å²) in [5, 5.41) is 26.4. The first-order valence-corrected chi connectivity index (χ1v) is 18.4. The van der Waals surface area contributed by atoms with E-state index < -0.39 is 71.8 Å². The number of aromatic hydroxyl groups is 1. The molecule has 1 aliphatic rings. The van der Waals surface area contributed by atoms with Gasteiger partial charge in [-0.05, 0) is 66.7 Å². The van der Waals surface area contributed by atoms with E-state index in [4.69, 9.17) is 4.74 Å². The number of amides is 6. The molecule has 1 heterocycles. The topological polar surface area (TPSA) is 204 Å². The number of rotatable bonds is 13. The highest BCUT2D eigenvalue weighted by Gasteiger charge is 2.35. The monoisotopic (exact) mass is 736 g/mol. The summed E-state index contributed by atoms with van der Waals surface area (Å²) in [6.07, 6.45) is 0.233. The molecule has 1 saturated heterocycles. The molecule has 6 amide bonds. The van der Waals surface area contributed by atoms with E-state index in [1.54, 1.807) is 26.0 Å². The van der Waals surface area contributed by atoms with Crippen LogP contribution in [-0.2, 0) is 41.7 Å². The minimum atomic E-state index is -1.14. The van der Waals surface area contributed by atoms with Crippen LogP contribution >= 0.6 is 0 Å². The third kappa shape index (κ3) is 14.4. The van der Waals surface area contributed by atoms with E-state index in [-0.39, 0.29) is 62.8 Å². The van der Waals surface area contributed by atoms with Crippen LogP contribution in [0.3, 0.4) is 0 Å². The van der Waals surface area contributed by atoms with E-state index in [1.165, 1.54) is 12.1 Å². The Kier molecular flexibility index (Phi) is 16.6. The zero-order valence-electron chi connectivity index (χ0n) is 31.6. The highest BCUT2D eigenvalue weighted by Crippen LogP contribution is 2.15. The van der Waals surface area contributed by atoms with Gasteiger partial charge in [0.2, 0.25) is 29.5 Å². The van der Waals surface area contributed by atoms with Crippen LogP contribution in [0.2, 0.25) is 0 Å². The predicted octanol–water partition coefficient (Wildman–Crippen LogP) is 2.83. The van der Waals surface area contributed by atoms with Crippen molar-refractivity contribution in [3.8, 4) is 5.75 Å². The lowest BCUT2D eigenvalue weighted by molar-refractivity contribution is -0.135. The molecule has 0 spiro atoms. The third-order valence-corrected chi connectivity index (χ3v) is 8.72. The average Bonchev–Trinajstić information content (AvgIpc) is 3.10. The van der Waals surface area contributed by atoms with Crippen molar-refractivity contribution in [2.24, 2.45) is 17.8 Å². The summed E-state index contributed by atoms with van der Waals surface area (Å²) < 4.78 is 5.26. The van der Waals surface area contributed by atoms with Gasteiger partial charge in [0.25, 0.3) is 0 Å². The number of hydrogen-bond acceptors (Lipinski definition) is 8. The normalized spacial score (nSPS) is 21.8. The molecule has 0 aliphatic carbocycles. The van der Waals surface area contributed by atoms with Crippen molar-refractivity contribution in [3.63, 3.8) is 0 Å². The van der Waals surface area contributed by atoms with Gasteiger partial charge in [-0.1, -0.05) is 84.0 Å². The first kappa shape index (κ1) is 42.3. The van der Waals surface area contributed by atoms with Gasteiger partial charge in [0, 0.05) is 13.0 Å². The second-order valence-corrected chi connectivity index (χ2v) is 14.7. The molecule has 5 atom stereocenters. The summed E-state index contributed by atoms with van der Waals surface area (Å²) >= 11 is 0. The lowest BCUT2D eigenvalue weighted by Gasteiger charge is -2.28. The summed E-state index contributed by atoms with van der Waals surface area (Å²) in [6, 6.07) is 9.96. The number of phenols is 1. The number of alkyl carbamates (subject to hydrolysis) is 1. The zero-order valence-corrected chi connectivity index (χ0v) is 31.6. The summed E-state index contributed by atoms with van der Waals surface area (Å²) in [7, 11) is 0. The van der Waals surface area contributed by atoms with Crippen LogP contribution in [0.25, 0.3) is 0 Å². The molecule has 0 unspecified atom stereocenters. The van der Waals surface area contributed by atoms with Gasteiger partial charge in [-0.15, -0.1) is 0 Å². The van der Waals surface area contributed by atoms with Gasteiger partial charge in [0.1, 0.15) is 42.6 Å². The number of hydrogen-bond donors (Lipinski definition) is 7. The molecule has 0 saturated carbocycles. The van der Waals surface area contributed by atoms with Crippen LogP contribution in [0.15, 0.2) is 54.6 Å². The predicted molar refractivity (Wildman–Crippen MR) is 199 cm³/mol. The van der Waals surface area contributed by atoms with Gasteiger partial charge in [-0.25, -0.2) is 4.79 Å². The third-order valence-electron chi connectivity index (χ3n) is 8.72. The number of carbonyl (C=O) groups excluding carboxylic acids is 6. The Morgan fingerprint density at radius 3 is 1.74 bits per heavy atom. The van der Waals surface area contributed by atoms with Crippen LogP contribution in [0.5, 0.6) is 5.75 Å². The van der Waals surface area contributed by atoms with Crippen molar-refractivity contribution in [1.82, 2.24) is 31.9 Å². The van der Waals surface area contributed by atoms with Gasteiger partial charge in [0.05, 0.1) is 0 Å². The first-order chi connectivity index (χ1) is 25.1. The van der Waals surface area contributed by atoms with E-state index in [0.29, 0.717) is 5.56 Å². The second-order valence-electron chi connectivity index (χ2n) is 14.7. The van der Waals surface area contributed by atoms with Crippen molar-refractivity contribution >= 4 is 35.6 Å². The Morgan fingerprint density at radius 1 is 0.660 bits per heavy atom. The van der Waals surface area contributed by atoms with E-state index in [9.17, 15) is 33.9 Å². The van der Waals surface area contributed by atoms with Crippen LogP contribution in [0.4, 0.5) is 4.79 Å². The number of phenolic OH excluding ortho intramolecular Hbond substituents is 1. The van der Waals surface area contributed by atoms with Crippen molar-refractivity contribution in [2.75, 3.05) is 6.54 Å². The molecule has 290 valence electrons. The Hall–Kier alpha value is -5.14. The maximum absolute atomic E-state index is 13.9. The summed E-state index contributed by atoms with van der Waals surface area (Å²) in [5.41, 5.74) is 1.47. The lowest BCUT2D eigenvalue weighted by Crippen LogP contribution is -2.59. The molecule has 3 rings (SSSR count). The summed E-state index contributed by atoms with van der Waals surface area (Å²) in [6.45, 7) is 11.3. The maximum atomic E-state index is 13.9. The molecule has 1 aliphatic heterocycles. The van der Waals surface area contributed by atoms with E-state index >= 15 is 0 Å². The first-order valence-electron chi connectivity index (χ1n) is 18.4. The van der Waals surface area contributed by atoms with Crippen LogP contribution in [0.1, 0.15) is 78.4 Å². The van der Waals surface area contributed by atoms with Crippen molar-refractivity contribution < 1.29 is 38.6 Å². The van der Waals surface area contributed by atoms with Gasteiger partial charge in [-0.3, -0.25) is 24.0 Å². The van der Waals surface area contributed by atoms with Crippen molar-refractivity contribution in [2.45, 2.75) is 110 Å². The van der Waals surface area contributed by atoms with Crippen LogP contribution < -0.4 is 31.9 Å². The van der Waals surface area contributed by atoms with Crippen molar-refractivity contribution in [1.29, 1.82) is 0 Å². The van der Waals surface area contributed by atoms with E-state index in [1.807, 2.05) is 58.0 Å². The number of nitrogens with one attached hydrogen (secondary N) is 6. The molecule has 14 nitrogen and oxygen atoms in total. The highest BCUT2D eigenvalue weighted by molar-refractivity contribution is 5.98. The van der Waals surface area contributed by atoms with E-state index in [2.05, 4.69) is 31.9 Å². The minimum Gasteiger partial charge on any atom is -0.508 e. The van der Waals surface area contributed by atoms with Gasteiger partial charge >= 0.3 is 6.09 Å².